The highest BCUT2D eigenvalue weighted by atomic mass is 16.5. The summed E-state index contributed by atoms with van der Waals surface area (Å²) in [5.41, 5.74) is 1.42. The van der Waals surface area contributed by atoms with Crippen molar-refractivity contribution in [3.05, 3.63) is 78.1 Å². The number of para-hydroxylation sites is 1. The first-order valence-corrected chi connectivity index (χ1v) is 9.64. The number of rotatable bonds is 6. The number of piperidine rings is 1. The Bertz CT molecular complexity index is 917. The smallest absolute Gasteiger partial charge is 0.272 e. The van der Waals surface area contributed by atoms with Crippen molar-refractivity contribution in [1.29, 1.82) is 0 Å². The summed E-state index contributed by atoms with van der Waals surface area (Å²) in [6.45, 7) is 2.37. The van der Waals surface area contributed by atoms with Crippen molar-refractivity contribution >= 4 is 5.91 Å². The minimum Gasteiger partial charge on any atom is -0.457 e. The van der Waals surface area contributed by atoms with Gasteiger partial charge in [0, 0.05) is 19.3 Å². The fourth-order valence-electron chi connectivity index (χ4n) is 3.34. The molecule has 28 heavy (non-hydrogen) atoms. The standard InChI is InChI=1S/C22H24N4O2/c27-22(21-11-13-26(25-21)18-7-5-12-23-16-18)24-15-17-6-4-10-20(14-17)28-19-8-2-1-3-9-19/h1-4,6,8-11,13-14,18,23H,5,7,12,15-16H2,(H,24,27). The van der Waals surface area contributed by atoms with Gasteiger partial charge in [-0.2, -0.15) is 5.10 Å². The topological polar surface area (TPSA) is 68.2 Å². The molecule has 1 saturated heterocycles. The number of benzene rings is 2. The molecular formula is C22H24N4O2. The molecule has 2 N–H and O–H groups in total. The Labute approximate surface area is 164 Å². The zero-order valence-electron chi connectivity index (χ0n) is 15.7. The largest absolute Gasteiger partial charge is 0.457 e. The van der Waals surface area contributed by atoms with Crippen LogP contribution in [0.2, 0.25) is 0 Å². The fraction of sp³-hybridized carbons (Fsp3) is 0.273. The molecule has 4 rings (SSSR count). The van der Waals surface area contributed by atoms with Crippen LogP contribution in [0, 0.1) is 0 Å². The van der Waals surface area contributed by atoms with Gasteiger partial charge < -0.3 is 15.4 Å². The van der Waals surface area contributed by atoms with Gasteiger partial charge in [0.2, 0.25) is 0 Å². The van der Waals surface area contributed by atoms with Crippen molar-refractivity contribution in [2.24, 2.45) is 0 Å². The lowest BCUT2D eigenvalue weighted by molar-refractivity contribution is 0.0944. The molecule has 2 aromatic carbocycles. The van der Waals surface area contributed by atoms with Crippen LogP contribution >= 0.6 is 0 Å². The molecule has 6 nitrogen and oxygen atoms in total. The van der Waals surface area contributed by atoms with Crippen LogP contribution in [0.25, 0.3) is 0 Å². The Kier molecular flexibility index (Phi) is 5.68. The van der Waals surface area contributed by atoms with E-state index in [1.807, 2.05) is 65.5 Å². The highest BCUT2D eigenvalue weighted by Gasteiger charge is 2.17. The van der Waals surface area contributed by atoms with Gasteiger partial charge in [-0.05, 0) is 55.3 Å². The highest BCUT2D eigenvalue weighted by molar-refractivity contribution is 5.92. The van der Waals surface area contributed by atoms with Gasteiger partial charge in [0.1, 0.15) is 17.2 Å². The number of amides is 1. The predicted molar refractivity (Wildman–Crippen MR) is 107 cm³/mol. The van der Waals surface area contributed by atoms with Gasteiger partial charge in [0.05, 0.1) is 6.04 Å². The molecule has 1 amide bonds. The van der Waals surface area contributed by atoms with E-state index in [0.29, 0.717) is 18.3 Å². The summed E-state index contributed by atoms with van der Waals surface area (Å²) in [5, 5.41) is 10.8. The zero-order valence-corrected chi connectivity index (χ0v) is 15.7. The number of carbonyl (C=O) groups excluding carboxylic acids is 1. The summed E-state index contributed by atoms with van der Waals surface area (Å²) < 4.78 is 7.74. The van der Waals surface area contributed by atoms with Crippen molar-refractivity contribution in [2.45, 2.75) is 25.4 Å². The Hall–Kier alpha value is -3.12. The van der Waals surface area contributed by atoms with Crippen molar-refractivity contribution < 1.29 is 9.53 Å². The van der Waals surface area contributed by atoms with Crippen molar-refractivity contribution in [3.63, 3.8) is 0 Å². The highest BCUT2D eigenvalue weighted by Crippen LogP contribution is 2.22. The fourth-order valence-corrected chi connectivity index (χ4v) is 3.34. The lowest BCUT2D eigenvalue weighted by Gasteiger charge is -2.22. The average Bonchev–Trinajstić information content (AvgIpc) is 3.24. The number of nitrogens with one attached hydrogen (secondary N) is 2. The van der Waals surface area contributed by atoms with Crippen LogP contribution in [-0.2, 0) is 6.54 Å². The first kappa shape index (κ1) is 18.3. The van der Waals surface area contributed by atoms with E-state index < -0.39 is 0 Å². The molecule has 6 heteroatoms. The molecule has 1 aliphatic heterocycles. The van der Waals surface area contributed by atoms with Crippen LogP contribution in [-0.4, -0.2) is 28.8 Å². The monoisotopic (exact) mass is 376 g/mol. The van der Waals surface area contributed by atoms with E-state index in [4.69, 9.17) is 4.74 Å². The molecule has 1 unspecified atom stereocenters. The molecule has 0 bridgehead atoms. The van der Waals surface area contributed by atoms with Crippen molar-refractivity contribution in [1.82, 2.24) is 20.4 Å². The van der Waals surface area contributed by atoms with Crippen LogP contribution in [0.15, 0.2) is 66.9 Å². The normalized spacial score (nSPS) is 16.5. The van der Waals surface area contributed by atoms with Crippen molar-refractivity contribution in [3.8, 4) is 11.5 Å². The number of ether oxygens (including phenoxy) is 1. The SMILES string of the molecule is O=C(NCc1cccc(Oc2ccccc2)c1)c1ccn(C2CCCNC2)n1. The molecular weight excluding hydrogens is 352 g/mol. The van der Waals surface area contributed by atoms with Crippen molar-refractivity contribution in [2.75, 3.05) is 13.1 Å². The first-order chi connectivity index (χ1) is 13.8. The van der Waals surface area contributed by atoms with Gasteiger partial charge in [-0.25, -0.2) is 0 Å². The van der Waals surface area contributed by atoms with E-state index >= 15 is 0 Å². The molecule has 0 spiro atoms. The Morgan fingerprint density at radius 3 is 2.82 bits per heavy atom. The molecule has 1 atom stereocenters. The molecule has 1 fully saturated rings. The van der Waals surface area contributed by atoms with Gasteiger partial charge in [-0.3, -0.25) is 9.48 Å². The lowest BCUT2D eigenvalue weighted by atomic mass is 10.1. The van der Waals surface area contributed by atoms with Gasteiger partial charge >= 0.3 is 0 Å². The Morgan fingerprint density at radius 1 is 1.14 bits per heavy atom. The summed E-state index contributed by atoms with van der Waals surface area (Å²) in [6.07, 6.45) is 4.11. The van der Waals surface area contributed by atoms with E-state index in [-0.39, 0.29) is 5.91 Å². The first-order valence-electron chi connectivity index (χ1n) is 9.64. The zero-order chi connectivity index (χ0) is 19.2. The van der Waals surface area contributed by atoms with E-state index in [1.165, 1.54) is 0 Å². The van der Waals surface area contributed by atoms with Crippen LogP contribution in [0.4, 0.5) is 0 Å². The van der Waals surface area contributed by atoms with Gasteiger partial charge in [-0.15, -0.1) is 0 Å². The van der Waals surface area contributed by atoms with E-state index in [9.17, 15) is 4.79 Å². The molecule has 1 aromatic heterocycles. The van der Waals surface area contributed by atoms with Gasteiger partial charge in [0.15, 0.2) is 0 Å². The maximum absolute atomic E-state index is 12.5. The number of aromatic nitrogens is 2. The average molecular weight is 376 g/mol. The number of nitrogens with zero attached hydrogens (tertiary/aromatic N) is 2. The number of hydrogen-bond acceptors (Lipinski definition) is 4. The summed E-state index contributed by atoms with van der Waals surface area (Å²) in [5.74, 6) is 1.36. The van der Waals surface area contributed by atoms with E-state index in [2.05, 4.69) is 15.7 Å². The quantitative estimate of drug-likeness (QED) is 0.691. The number of carbonyl (C=O) groups is 1. The summed E-state index contributed by atoms with van der Waals surface area (Å²) in [7, 11) is 0. The maximum Gasteiger partial charge on any atom is 0.272 e. The predicted octanol–water partition coefficient (Wildman–Crippen LogP) is 3.53. The second-order valence-electron chi connectivity index (χ2n) is 6.93. The molecule has 144 valence electrons. The third-order valence-electron chi connectivity index (χ3n) is 4.82. The molecule has 3 aromatic rings. The molecule has 0 saturated carbocycles. The second-order valence-corrected chi connectivity index (χ2v) is 6.93. The molecule has 0 radical (unpaired) electrons. The minimum absolute atomic E-state index is 0.170. The molecule has 1 aliphatic rings. The third-order valence-corrected chi connectivity index (χ3v) is 4.82. The molecule has 2 heterocycles. The Morgan fingerprint density at radius 2 is 2.00 bits per heavy atom. The van der Waals surface area contributed by atoms with Crippen LogP contribution in [0.5, 0.6) is 11.5 Å². The summed E-state index contributed by atoms with van der Waals surface area (Å²) in [4.78, 5) is 12.5. The lowest BCUT2D eigenvalue weighted by Crippen LogP contribution is -2.32. The summed E-state index contributed by atoms with van der Waals surface area (Å²) in [6, 6.07) is 19.4. The second kappa shape index (κ2) is 8.71. The van der Waals surface area contributed by atoms with Gasteiger partial charge in [-0.1, -0.05) is 30.3 Å². The van der Waals surface area contributed by atoms with E-state index in [1.54, 1.807) is 6.07 Å². The van der Waals surface area contributed by atoms with Crippen LogP contribution < -0.4 is 15.4 Å². The molecule has 0 aliphatic carbocycles. The van der Waals surface area contributed by atoms with Crippen LogP contribution in [0.3, 0.4) is 0 Å². The van der Waals surface area contributed by atoms with Crippen LogP contribution in [0.1, 0.15) is 34.9 Å². The Balaban J connectivity index is 1.34. The number of hydrogen-bond donors (Lipinski definition) is 2. The summed E-state index contributed by atoms with van der Waals surface area (Å²) >= 11 is 0. The van der Waals surface area contributed by atoms with Gasteiger partial charge in [0.25, 0.3) is 5.91 Å². The maximum atomic E-state index is 12.5. The minimum atomic E-state index is -0.170. The third kappa shape index (κ3) is 4.58. The van der Waals surface area contributed by atoms with E-state index in [0.717, 1.165) is 43.0 Å².